The van der Waals surface area contributed by atoms with Crippen LogP contribution in [0.15, 0.2) is 76.5 Å². The van der Waals surface area contributed by atoms with E-state index >= 15 is 0 Å². The fourth-order valence-electron chi connectivity index (χ4n) is 2.91. The van der Waals surface area contributed by atoms with Gasteiger partial charge in [0, 0.05) is 28.2 Å². The zero-order valence-electron chi connectivity index (χ0n) is 14.9. The molecular weight excluding hydrogens is 377 g/mol. The van der Waals surface area contributed by atoms with Crippen LogP contribution in [0, 0.1) is 5.82 Å². The summed E-state index contributed by atoms with van der Waals surface area (Å²) < 4.78 is 13.0. The van der Waals surface area contributed by atoms with Gasteiger partial charge in [-0.15, -0.1) is 0 Å². The maximum Gasteiger partial charge on any atom is 0.323 e. The van der Waals surface area contributed by atoms with Gasteiger partial charge in [0.2, 0.25) is 0 Å². The van der Waals surface area contributed by atoms with E-state index < -0.39 is 6.03 Å². The standard InChI is InChI=1S/C21H16FN3O2S/c1-25-17-12-15(24-21(27)23-14-8-6-13(22)7-9-14)10-11-19(17)28-18-5-3-2-4-16(18)20(25)26/h2-12H,1H3,(H2,23,24,27). The SMILES string of the molecule is CN1C(=O)c2ccccc2Sc2ccc(NC(=O)Nc3ccc(F)cc3)cc21. The molecule has 4 rings (SSSR count). The van der Waals surface area contributed by atoms with Crippen molar-refractivity contribution in [2.24, 2.45) is 0 Å². The number of fused-ring (bicyclic) bond motifs is 2. The van der Waals surface area contributed by atoms with Crippen molar-refractivity contribution in [1.82, 2.24) is 0 Å². The molecule has 0 aliphatic carbocycles. The highest BCUT2D eigenvalue weighted by molar-refractivity contribution is 7.99. The lowest BCUT2D eigenvalue weighted by Crippen LogP contribution is -2.26. The third-order valence-corrected chi connectivity index (χ3v) is 5.46. The number of hydrogen-bond acceptors (Lipinski definition) is 3. The zero-order chi connectivity index (χ0) is 19.7. The molecule has 1 aliphatic heterocycles. The first-order valence-electron chi connectivity index (χ1n) is 8.54. The highest BCUT2D eigenvalue weighted by Gasteiger charge is 2.24. The molecule has 3 aromatic carbocycles. The molecule has 5 nitrogen and oxygen atoms in total. The van der Waals surface area contributed by atoms with Gasteiger partial charge in [-0.2, -0.15) is 0 Å². The smallest absolute Gasteiger partial charge is 0.310 e. The van der Waals surface area contributed by atoms with Crippen molar-refractivity contribution in [2.75, 3.05) is 22.6 Å². The van der Waals surface area contributed by atoms with E-state index in [1.165, 1.54) is 36.0 Å². The molecule has 1 aliphatic rings. The molecule has 2 N–H and O–H groups in total. The van der Waals surface area contributed by atoms with Crippen molar-refractivity contribution < 1.29 is 14.0 Å². The Balaban J connectivity index is 1.56. The lowest BCUT2D eigenvalue weighted by atomic mass is 10.2. The number of hydrogen-bond donors (Lipinski definition) is 2. The highest BCUT2D eigenvalue weighted by atomic mass is 32.2. The van der Waals surface area contributed by atoms with Crippen LogP contribution < -0.4 is 15.5 Å². The highest BCUT2D eigenvalue weighted by Crippen LogP contribution is 2.41. The molecule has 0 spiro atoms. The van der Waals surface area contributed by atoms with Crippen LogP contribution >= 0.6 is 11.8 Å². The number of anilines is 3. The summed E-state index contributed by atoms with van der Waals surface area (Å²) in [5, 5.41) is 5.38. The third-order valence-electron chi connectivity index (χ3n) is 4.32. The largest absolute Gasteiger partial charge is 0.323 e. The van der Waals surface area contributed by atoms with Gasteiger partial charge in [-0.05, 0) is 54.6 Å². The number of rotatable bonds is 2. The van der Waals surface area contributed by atoms with E-state index in [9.17, 15) is 14.0 Å². The molecule has 3 amide bonds. The summed E-state index contributed by atoms with van der Waals surface area (Å²) in [6.45, 7) is 0. The minimum Gasteiger partial charge on any atom is -0.310 e. The van der Waals surface area contributed by atoms with Gasteiger partial charge in [-0.25, -0.2) is 9.18 Å². The molecule has 0 atom stereocenters. The van der Waals surface area contributed by atoms with E-state index in [4.69, 9.17) is 0 Å². The fraction of sp³-hybridized carbons (Fsp3) is 0.0476. The predicted octanol–water partition coefficient (Wildman–Crippen LogP) is 5.21. The lowest BCUT2D eigenvalue weighted by molar-refractivity contribution is 0.0990. The molecule has 0 aromatic heterocycles. The Morgan fingerprint density at radius 1 is 0.929 bits per heavy atom. The second-order valence-corrected chi connectivity index (χ2v) is 7.31. The summed E-state index contributed by atoms with van der Waals surface area (Å²) in [6.07, 6.45) is 0. The van der Waals surface area contributed by atoms with Gasteiger partial charge >= 0.3 is 6.03 Å². The topological polar surface area (TPSA) is 61.4 Å². The van der Waals surface area contributed by atoms with Crippen molar-refractivity contribution in [1.29, 1.82) is 0 Å². The molecule has 0 fully saturated rings. The van der Waals surface area contributed by atoms with Gasteiger partial charge < -0.3 is 15.5 Å². The maximum atomic E-state index is 13.0. The van der Waals surface area contributed by atoms with Gasteiger partial charge in [-0.3, -0.25) is 4.79 Å². The molecular formula is C21H16FN3O2S. The quantitative estimate of drug-likeness (QED) is 0.628. The van der Waals surface area contributed by atoms with Crippen LogP contribution in [0.2, 0.25) is 0 Å². The number of urea groups is 1. The molecule has 140 valence electrons. The molecule has 0 saturated heterocycles. The second kappa shape index (κ2) is 7.36. The van der Waals surface area contributed by atoms with Crippen molar-refractivity contribution in [3.05, 3.63) is 78.1 Å². The van der Waals surface area contributed by atoms with Crippen LogP contribution in [0.1, 0.15) is 10.4 Å². The van der Waals surface area contributed by atoms with E-state index in [2.05, 4.69) is 10.6 Å². The van der Waals surface area contributed by atoms with E-state index in [0.717, 1.165) is 9.79 Å². The first-order chi connectivity index (χ1) is 13.5. The molecule has 1 heterocycles. The van der Waals surface area contributed by atoms with E-state index in [1.807, 2.05) is 30.3 Å². The molecule has 0 saturated carbocycles. The van der Waals surface area contributed by atoms with Crippen LogP contribution in [-0.2, 0) is 0 Å². The van der Waals surface area contributed by atoms with Gasteiger partial charge in [0.1, 0.15) is 5.82 Å². The van der Waals surface area contributed by atoms with E-state index in [0.29, 0.717) is 22.6 Å². The van der Waals surface area contributed by atoms with Crippen LogP contribution in [-0.4, -0.2) is 19.0 Å². The van der Waals surface area contributed by atoms with Crippen LogP contribution in [0.25, 0.3) is 0 Å². The Hall–Kier alpha value is -3.32. The summed E-state index contributed by atoms with van der Waals surface area (Å²) in [6, 6.07) is 17.9. The molecule has 28 heavy (non-hydrogen) atoms. The maximum absolute atomic E-state index is 13.0. The number of carbonyl (C=O) groups is 2. The minimum atomic E-state index is -0.454. The summed E-state index contributed by atoms with van der Waals surface area (Å²) >= 11 is 1.52. The van der Waals surface area contributed by atoms with Crippen LogP contribution in [0.4, 0.5) is 26.2 Å². The lowest BCUT2D eigenvalue weighted by Gasteiger charge is -2.18. The molecule has 0 unspecified atom stereocenters. The predicted molar refractivity (Wildman–Crippen MR) is 109 cm³/mol. The summed E-state index contributed by atoms with van der Waals surface area (Å²) in [5.74, 6) is -0.474. The Kier molecular flexibility index (Phi) is 4.75. The second-order valence-electron chi connectivity index (χ2n) is 6.23. The fourth-order valence-corrected chi connectivity index (χ4v) is 4.00. The zero-order valence-corrected chi connectivity index (χ0v) is 15.7. The van der Waals surface area contributed by atoms with Gasteiger partial charge in [-0.1, -0.05) is 23.9 Å². The summed E-state index contributed by atoms with van der Waals surface area (Å²) in [5.41, 5.74) is 2.39. The number of carbonyl (C=O) groups excluding carboxylic acids is 2. The Labute approximate surface area is 165 Å². The first kappa shape index (κ1) is 18.1. The molecule has 0 bridgehead atoms. The third kappa shape index (κ3) is 3.57. The average Bonchev–Trinajstić information content (AvgIpc) is 2.79. The van der Waals surface area contributed by atoms with E-state index in [1.54, 1.807) is 24.1 Å². The van der Waals surface area contributed by atoms with Crippen molar-refractivity contribution in [3.8, 4) is 0 Å². The average molecular weight is 393 g/mol. The monoisotopic (exact) mass is 393 g/mol. The minimum absolute atomic E-state index is 0.102. The Morgan fingerprint density at radius 3 is 2.39 bits per heavy atom. The molecule has 7 heteroatoms. The molecule has 3 aromatic rings. The van der Waals surface area contributed by atoms with E-state index in [-0.39, 0.29) is 11.7 Å². The first-order valence-corrected chi connectivity index (χ1v) is 9.35. The molecule has 0 radical (unpaired) electrons. The summed E-state index contributed by atoms with van der Waals surface area (Å²) in [4.78, 5) is 28.4. The van der Waals surface area contributed by atoms with Crippen LogP contribution in [0.3, 0.4) is 0 Å². The Morgan fingerprint density at radius 2 is 1.61 bits per heavy atom. The van der Waals surface area contributed by atoms with Crippen molar-refractivity contribution in [2.45, 2.75) is 9.79 Å². The number of amides is 3. The summed E-state index contributed by atoms with van der Waals surface area (Å²) in [7, 11) is 1.71. The number of benzene rings is 3. The number of nitrogens with one attached hydrogen (secondary N) is 2. The van der Waals surface area contributed by atoms with Gasteiger partial charge in [0.15, 0.2) is 0 Å². The van der Waals surface area contributed by atoms with Crippen molar-refractivity contribution >= 4 is 40.8 Å². The van der Waals surface area contributed by atoms with Gasteiger partial charge in [0.25, 0.3) is 5.91 Å². The van der Waals surface area contributed by atoms with Gasteiger partial charge in [0.05, 0.1) is 11.3 Å². The normalized spacial score (nSPS) is 12.6. The Bertz CT molecular complexity index is 1070. The number of halogens is 1. The number of nitrogens with zero attached hydrogens (tertiary/aromatic N) is 1. The van der Waals surface area contributed by atoms with Crippen LogP contribution in [0.5, 0.6) is 0 Å². The van der Waals surface area contributed by atoms with Crippen molar-refractivity contribution in [3.63, 3.8) is 0 Å².